The molecule has 0 aliphatic rings. The van der Waals surface area contributed by atoms with E-state index in [1.165, 1.54) is 0 Å². The van der Waals surface area contributed by atoms with Gasteiger partial charge in [0.05, 0.1) is 91.4 Å². The predicted molar refractivity (Wildman–Crippen MR) is 302 cm³/mol. The van der Waals surface area contributed by atoms with Crippen molar-refractivity contribution in [2.24, 2.45) is 0 Å². The lowest BCUT2D eigenvalue weighted by Crippen LogP contribution is -2.02. The fraction of sp³-hybridized carbons (Fsp3) is 0. The first-order chi connectivity index (χ1) is 37.5. The zero-order chi connectivity index (χ0) is 51.3. The maximum absolute atomic E-state index is 10.0. The highest BCUT2D eigenvalue weighted by Gasteiger charge is 2.23. The molecule has 0 saturated carbocycles. The van der Waals surface area contributed by atoms with Gasteiger partial charge in [-0.3, -0.25) is 0 Å². The molecule has 76 heavy (non-hydrogen) atoms. The zero-order valence-corrected chi connectivity index (χ0v) is 40.5. The molecule has 0 unspecified atom stereocenters. The highest BCUT2D eigenvalue weighted by molar-refractivity contribution is 6.13. The second-order valence-electron chi connectivity index (χ2n) is 18.7. The van der Waals surface area contributed by atoms with E-state index in [2.05, 4.69) is 167 Å². The number of para-hydroxylation sites is 3. The summed E-state index contributed by atoms with van der Waals surface area (Å²) in [6.07, 6.45) is 0. The van der Waals surface area contributed by atoms with Crippen molar-refractivity contribution < 1.29 is 0 Å². The number of hydrogen-bond donors (Lipinski definition) is 0. The van der Waals surface area contributed by atoms with Crippen LogP contribution in [0.4, 0.5) is 0 Å². The average Bonchev–Trinajstić information content (AvgIpc) is 4.12. The van der Waals surface area contributed by atoms with Crippen molar-refractivity contribution in [3.05, 3.63) is 253 Å². The maximum atomic E-state index is 10.0. The molecule has 8 nitrogen and oxygen atoms in total. The molecule has 0 amide bonds. The second kappa shape index (κ2) is 18.5. The Kier molecular flexibility index (Phi) is 10.9. The molecule has 0 aliphatic carbocycles. The van der Waals surface area contributed by atoms with Gasteiger partial charge in [-0.2, -0.15) is 21.0 Å². The molecule has 350 valence electrons. The second-order valence-corrected chi connectivity index (χ2v) is 18.7. The summed E-state index contributed by atoms with van der Waals surface area (Å²) < 4.78 is 4.67. The smallest absolute Gasteiger partial charge is 0.160 e. The fourth-order valence-electron chi connectivity index (χ4n) is 10.7. The minimum atomic E-state index is 0.395. The lowest BCUT2D eigenvalue weighted by Gasteiger charge is -2.20. The number of rotatable bonds is 8. The van der Waals surface area contributed by atoms with Gasteiger partial charge >= 0.3 is 0 Å². The molecule has 0 N–H and O–H groups in total. The SMILES string of the molecule is N#Cc1cc(C#N)cc(-c2ccc3c(c2)c2cc(-c4cc(C#N)cc(C#N)c4)ccc2n3-c2ccc(-c3cc(-c4ccccc4)nc(-c4ccccc4)n3)cc2-c2ccccc2-n2c3ccccc3c3ccccc32)c1. The largest absolute Gasteiger partial charge is 0.309 e. The van der Waals surface area contributed by atoms with Gasteiger partial charge in [-0.25, -0.2) is 9.97 Å². The summed E-state index contributed by atoms with van der Waals surface area (Å²) >= 11 is 0. The Bertz CT molecular complexity index is 4380. The van der Waals surface area contributed by atoms with Crippen LogP contribution in [0.15, 0.2) is 231 Å². The third kappa shape index (κ3) is 7.68. The number of nitrogens with zero attached hydrogens (tertiary/aromatic N) is 8. The molecule has 0 spiro atoms. The molecule has 3 aromatic heterocycles. The molecule has 10 aromatic carbocycles. The summed E-state index contributed by atoms with van der Waals surface area (Å²) in [6.45, 7) is 0. The van der Waals surface area contributed by atoms with Gasteiger partial charge in [0.1, 0.15) is 0 Å². The van der Waals surface area contributed by atoms with Gasteiger partial charge in [0.2, 0.25) is 0 Å². The number of fused-ring (bicyclic) bond motifs is 6. The van der Waals surface area contributed by atoms with E-state index in [4.69, 9.17) is 9.97 Å². The van der Waals surface area contributed by atoms with Crippen LogP contribution in [0.2, 0.25) is 0 Å². The monoisotopic (exact) mass is 966 g/mol. The van der Waals surface area contributed by atoms with E-state index in [1.807, 2.05) is 84.9 Å². The summed E-state index contributed by atoms with van der Waals surface area (Å²) in [5.74, 6) is 0.617. The first-order valence-corrected chi connectivity index (χ1v) is 24.7. The summed E-state index contributed by atoms with van der Waals surface area (Å²) in [5, 5.41) is 44.2. The molecule has 13 rings (SSSR count). The van der Waals surface area contributed by atoms with Crippen LogP contribution in [-0.2, 0) is 0 Å². The topological polar surface area (TPSA) is 131 Å². The van der Waals surface area contributed by atoms with Crippen LogP contribution >= 0.6 is 0 Å². The Hall–Kier alpha value is -11.2. The highest BCUT2D eigenvalue weighted by atomic mass is 15.0. The standard InChI is InChI=1S/C68H38N8/c69-39-43-29-44(40-70)32-52(31-43)49-23-26-66-58(35-49)59-36-50(53-33-45(41-71)30-46(34-53)42-72)24-27-67(59)76(66)65-28-25-51(61-38-60(47-13-3-1-4-14-47)73-68(74-61)48-15-5-2-6-16-48)37-57(65)56-19-9-12-22-64(56)75-62-20-10-7-17-54(62)55-18-8-11-21-63(55)75/h1-38H. The van der Waals surface area contributed by atoms with E-state index >= 15 is 0 Å². The van der Waals surface area contributed by atoms with Crippen molar-refractivity contribution >= 4 is 43.6 Å². The molecule has 3 heterocycles. The van der Waals surface area contributed by atoms with Gasteiger partial charge in [-0.1, -0.05) is 133 Å². The van der Waals surface area contributed by atoms with Crippen molar-refractivity contribution in [3.63, 3.8) is 0 Å². The number of nitriles is 4. The first kappa shape index (κ1) is 44.8. The number of aromatic nitrogens is 4. The van der Waals surface area contributed by atoms with Gasteiger partial charge in [0.25, 0.3) is 0 Å². The van der Waals surface area contributed by atoms with Crippen molar-refractivity contribution in [1.82, 2.24) is 19.1 Å². The fourth-order valence-corrected chi connectivity index (χ4v) is 10.7. The van der Waals surface area contributed by atoms with Gasteiger partial charge in [0, 0.05) is 49.4 Å². The minimum absolute atomic E-state index is 0.395. The summed E-state index contributed by atoms with van der Waals surface area (Å²) in [6, 6.07) is 86.5. The van der Waals surface area contributed by atoms with Crippen molar-refractivity contribution in [2.45, 2.75) is 0 Å². The van der Waals surface area contributed by atoms with E-state index in [9.17, 15) is 21.0 Å². The van der Waals surface area contributed by atoms with E-state index in [1.54, 1.807) is 12.1 Å². The normalized spacial score (nSPS) is 11.1. The van der Waals surface area contributed by atoms with E-state index in [0.717, 1.165) is 116 Å². The van der Waals surface area contributed by atoms with Crippen molar-refractivity contribution in [1.29, 1.82) is 21.0 Å². The summed E-state index contributed by atoms with van der Waals surface area (Å²) in [7, 11) is 0. The average molecular weight is 967 g/mol. The van der Waals surface area contributed by atoms with E-state index in [-0.39, 0.29) is 0 Å². The third-order valence-corrected chi connectivity index (χ3v) is 14.2. The summed E-state index contributed by atoms with van der Waals surface area (Å²) in [5.41, 5.74) is 16.9. The van der Waals surface area contributed by atoms with E-state index < -0.39 is 0 Å². The van der Waals surface area contributed by atoms with Gasteiger partial charge in [0.15, 0.2) is 5.82 Å². The van der Waals surface area contributed by atoms with Gasteiger partial charge < -0.3 is 9.13 Å². The third-order valence-electron chi connectivity index (χ3n) is 14.2. The zero-order valence-electron chi connectivity index (χ0n) is 40.5. The molecule has 0 bridgehead atoms. The van der Waals surface area contributed by atoms with Crippen LogP contribution in [0.25, 0.3) is 122 Å². The lowest BCUT2D eigenvalue weighted by molar-refractivity contribution is 1.16. The lowest BCUT2D eigenvalue weighted by atomic mass is 9.96. The number of hydrogen-bond acceptors (Lipinski definition) is 6. The van der Waals surface area contributed by atoms with Crippen LogP contribution in [0.5, 0.6) is 0 Å². The Morgan fingerprint density at radius 2 is 0.697 bits per heavy atom. The van der Waals surface area contributed by atoms with Crippen molar-refractivity contribution in [3.8, 4) is 103 Å². The van der Waals surface area contributed by atoms with Crippen LogP contribution in [0.3, 0.4) is 0 Å². The maximum Gasteiger partial charge on any atom is 0.160 e. The Morgan fingerprint density at radius 3 is 1.22 bits per heavy atom. The number of benzene rings is 10. The van der Waals surface area contributed by atoms with Crippen molar-refractivity contribution in [2.75, 3.05) is 0 Å². The Balaban J connectivity index is 1.12. The molecule has 0 fully saturated rings. The first-order valence-electron chi connectivity index (χ1n) is 24.7. The molecular weight excluding hydrogens is 929 g/mol. The molecule has 0 atom stereocenters. The van der Waals surface area contributed by atoms with E-state index in [0.29, 0.717) is 28.1 Å². The molecular formula is C68H38N8. The summed E-state index contributed by atoms with van der Waals surface area (Å²) in [4.78, 5) is 10.4. The van der Waals surface area contributed by atoms with Gasteiger partial charge in [-0.05, 0) is 119 Å². The minimum Gasteiger partial charge on any atom is -0.309 e. The quantitative estimate of drug-likeness (QED) is 0.149. The van der Waals surface area contributed by atoms with Crippen LogP contribution in [-0.4, -0.2) is 19.1 Å². The molecule has 0 radical (unpaired) electrons. The molecule has 0 aliphatic heterocycles. The van der Waals surface area contributed by atoms with Gasteiger partial charge in [-0.15, -0.1) is 0 Å². The Morgan fingerprint density at radius 1 is 0.276 bits per heavy atom. The molecule has 8 heteroatoms. The van der Waals surface area contributed by atoms with Crippen LogP contribution in [0.1, 0.15) is 22.3 Å². The van der Waals surface area contributed by atoms with Crippen LogP contribution < -0.4 is 0 Å². The van der Waals surface area contributed by atoms with Crippen LogP contribution in [0, 0.1) is 45.3 Å². The molecule has 13 aromatic rings. The Labute approximate surface area is 437 Å². The molecule has 0 saturated heterocycles. The predicted octanol–water partition coefficient (Wildman–Crippen LogP) is 16.2. The highest BCUT2D eigenvalue weighted by Crippen LogP contribution is 2.44.